The molecule has 0 bridgehead atoms. The van der Waals surface area contributed by atoms with Crippen LogP contribution >= 0.6 is 0 Å². The molecule has 0 amide bonds. The summed E-state index contributed by atoms with van der Waals surface area (Å²) >= 11 is 0. The molecule has 0 heterocycles. The molecule has 0 aromatic rings. The second kappa shape index (κ2) is 4.11. The summed E-state index contributed by atoms with van der Waals surface area (Å²) in [5.74, 6) is -0.222. The summed E-state index contributed by atoms with van der Waals surface area (Å²) < 4.78 is 5.00. The van der Waals surface area contributed by atoms with Crippen molar-refractivity contribution >= 4 is 11.8 Å². The standard InChI is InChI=1S/C11H18O3/c1-4-14-10(13)11(8(2)3)7-5-6-9(11)12/h8H,4-7H2,1-3H3. The number of rotatable bonds is 3. The number of ether oxygens (including phenoxy) is 1. The van der Waals surface area contributed by atoms with Gasteiger partial charge in [-0.1, -0.05) is 13.8 Å². The van der Waals surface area contributed by atoms with Gasteiger partial charge in [0.05, 0.1) is 6.61 Å². The van der Waals surface area contributed by atoms with Gasteiger partial charge in [-0.15, -0.1) is 0 Å². The zero-order valence-corrected chi connectivity index (χ0v) is 9.13. The Morgan fingerprint density at radius 3 is 2.57 bits per heavy atom. The van der Waals surface area contributed by atoms with Crippen LogP contribution in [0, 0.1) is 11.3 Å². The van der Waals surface area contributed by atoms with Gasteiger partial charge in [0.2, 0.25) is 0 Å². The highest BCUT2D eigenvalue weighted by atomic mass is 16.5. The molecule has 1 unspecified atom stereocenters. The molecule has 1 aliphatic carbocycles. The first-order chi connectivity index (χ1) is 6.55. The monoisotopic (exact) mass is 198 g/mol. The van der Waals surface area contributed by atoms with Gasteiger partial charge in [0.15, 0.2) is 0 Å². The summed E-state index contributed by atoms with van der Waals surface area (Å²) in [5, 5.41) is 0. The van der Waals surface area contributed by atoms with Gasteiger partial charge in [0, 0.05) is 6.42 Å². The van der Waals surface area contributed by atoms with Crippen molar-refractivity contribution in [3.63, 3.8) is 0 Å². The van der Waals surface area contributed by atoms with Gasteiger partial charge in [0.1, 0.15) is 11.2 Å². The van der Waals surface area contributed by atoms with Crippen LogP contribution in [-0.2, 0) is 14.3 Å². The minimum Gasteiger partial charge on any atom is -0.465 e. The second-order valence-electron chi connectivity index (χ2n) is 4.12. The van der Waals surface area contributed by atoms with E-state index in [2.05, 4.69) is 0 Å². The first-order valence-corrected chi connectivity index (χ1v) is 5.26. The fourth-order valence-corrected chi connectivity index (χ4v) is 2.21. The Hall–Kier alpha value is -0.860. The molecule has 1 rings (SSSR count). The van der Waals surface area contributed by atoms with E-state index in [4.69, 9.17) is 4.74 Å². The molecule has 0 aromatic heterocycles. The maximum Gasteiger partial charge on any atom is 0.319 e. The van der Waals surface area contributed by atoms with E-state index in [1.54, 1.807) is 6.92 Å². The minimum atomic E-state index is -0.837. The molecule has 0 N–H and O–H groups in total. The number of carbonyl (C=O) groups excluding carboxylic acids is 2. The zero-order valence-electron chi connectivity index (χ0n) is 9.13. The molecule has 0 saturated heterocycles. The molecule has 1 fully saturated rings. The van der Waals surface area contributed by atoms with Crippen LogP contribution in [0.1, 0.15) is 40.0 Å². The molecule has 0 aromatic carbocycles. The van der Waals surface area contributed by atoms with Crippen molar-refractivity contribution in [2.75, 3.05) is 6.61 Å². The van der Waals surface area contributed by atoms with Gasteiger partial charge in [-0.25, -0.2) is 0 Å². The minimum absolute atomic E-state index is 0.0385. The predicted octanol–water partition coefficient (Wildman–Crippen LogP) is 1.94. The van der Waals surface area contributed by atoms with E-state index in [9.17, 15) is 9.59 Å². The maximum absolute atomic E-state index is 11.8. The quantitative estimate of drug-likeness (QED) is 0.514. The molecular formula is C11H18O3. The van der Waals surface area contributed by atoms with E-state index < -0.39 is 5.41 Å². The maximum atomic E-state index is 11.8. The summed E-state index contributed by atoms with van der Waals surface area (Å²) in [6, 6.07) is 0. The van der Waals surface area contributed by atoms with E-state index in [-0.39, 0.29) is 17.7 Å². The van der Waals surface area contributed by atoms with Crippen molar-refractivity contribution in [3.05, 3.63) is 0 Å². The van der Waals surface area contributed by atoms with Gasteiger partial charge in [-0.3, -0.25) is 9.59 Å². The lowest BCUT2D eigenvalue weighted by Crippen LogP contribution is -2.41. The third kappa shape index (κ3) is 1.56. The lowest BCUT2D eigenvalue weighted by atomic mass is 9.75. The predicted molar refractivity (Wildman–Crippen MR) is 52.8 cm³/mol. The number of ketones is 1. The van der Waals surface area contributed by atoms with Gasteiger partial charge >= 0.3 is 5.97 Å². The first kappa shape index (κ1) is 11.2. The Bertz CT molecular complexity index is 245. The van der Waals surface area contributed by atoms with E-state index in [0.717, 1.165) is 6.42 Å². The SMILES string of the molecule is CCOC(=O)C1(C(C)C)CCCC1=O. The van der Waals surface area contributed by atoms with Crippen molar-refractivity contribution in [2.45, 2.75) is 40.0 Å². The summed E-state index contributed by atoms with van der Waals surface area (Å²) in [4.78, 5) is 23.5. The molecule has 1 saturated carbocycles. The Balaban J connectivity index is 2.92. The Labute approximate surface area is 84.8 Å². The van der Waals surface area contributed by atoms with Crippen molar-refractivity contribution in [3.8, 4) is 0 Å². The average molecular weight is 198 g/mol. The van der Waals surface area contributed by atoms with Gasteiger partial charge < -0.3 is 4.74 Å². The highest BCUT2D eigenvalue weighted by Crippen LogP contribution is 2.42. The smallest absolute Gasteiger partial charge is 0.319 e. The topological polar surface area (TPSA) is 43.4 Å². The van der Waals surface area contributed by atoms with Crippen LogP contribution < -0.4 is 0 Å². The van der Waals surface area contributed by atoms with Gasteiger partial charge in [-0.2, -0.15) is 0 Å². The molecule has 0 spiro atoms. The van der Waals surface area contributed by atoms with E-state index >= 15 is 0 Å². The summed E-state index contributed by atoms with van der Waals surface area (Å²) in [7, 11) is 0. The zero-order chi connectivity index (χ0) is 10.8. The number of carbonyl (C=O) groups is 2. The third-order valence-corrected chi connectivity index (χ3v) is 3.10. The van der Waals surface area contributed by atoms with Crippen LogP contribution in [0.25, 0.3) is 0 Å². The van der Waals surface area contributed by atoms with E-state index in [1.165, 1.54) is 0 Å². The molecule has 3 heteroatoms. The van der Waals surface area contributed by atoms with Crippen LogP contribution in [0.3, 0.4) is 0 Å². The molecule has 14 heavy (non-hydrogen) atoms. The molecule has 80 valence electrons. The van der Waals surface area contributed by atoms with Crippen molar-refractivity contribution in [2.24, 2.45) is 11.3 Å². The van der Waals surface area contributed by atoms with E-state index in [0.29, 0.717) is 19.4 Å². The molecule has 1 aliphatic rings. The summed E-state index contributed by atoms with van der Waals surface area (Å²) in [6.07, 6.45) is 2.00. The summed E-state index contributed by atoms with van der Waals surface area (Å²) in [5.41, 5.74) is -0.837. The van der Waals surface area contributed by atoms with Crippen LogP contribution in [-0.4, -0.2) is 18.4 Å². The van der Waals surface area contributed by atoms with Crippen LogP contribution in [0.5, 0.6) is 0 Å². The summed E-state index contributed by atoms with van der Waals surface area (Å²) in [6.45, 7) is 5.95. The Morgan fingerprint density at radius 1 is 1.57 bits per heavy atom. The van der Waals surface area contributed by atoms with Crippen LogP contribution in [0.4, 0.5) is 0 Å². The molecule has 3 nitrogen and oxygen atoms in total. The number of esters is 1. The van der Waals surface area contributed by atoms with Crippen molar-refractivity contribution in [1.82, 2.24) is 0 Å². The van der Waals surface area contributed by atoms with Crippen LogP contribution in [0.15, 0.2) is 0 Å². The van der Waals surface area contributed by atoms with Crippen molar-refractivity contribution < 1.29 is 14.3 Å². The number of Topliss-reactive ketones (excluding diaryl/α,β-unsaturated/α-hetero) is 1. The lowest BCUT2D eigenvalue weighted by Gasteiger charge is -2.28. The molecule has 1 atom stereocenters. The molecular weight excluding hydrogens is 180 g/mol. The number of hydrogen-bond donors (Lipinski definition) is 0. The van der Waals surface area contributed by atoms with Crippen molar-refractivity contribution in [1.29, 1.82) is 0 Å². The highest BCUT2D eigenvalue weighted by molar-refractivity contribution is 6.05. The molecule has 0 aliphatic heterocycles. The first-order valence-electron chi connectivity index (χ1n) is 5.26. The second-order valence-corrected chi connectivity index (χ2v) is 4.12. The Kier molecular flexibility index (Phi) is 3.29. The highest BCUT2D eigenvalue weighted by Gasteiger charge is 2.51. The van der Waals surface area contributed by atoms with E-state index in [1.807, 2.05) is 13.8 Å². The lowest BCUT2D eigenvalue weighted by molar-refractivity contribution is -0.161. The Morgan fingerprint density at radius 2 is 2.21 bits per heavy atom. The fourth-order valence-electron chi connectivity index (χ4n) is 2.21. The largest absolute Gasteiger partial charge is 0.465 e. The fraction of sp³-hybridized carbons (Fsp3) is 0.818. The van der Waals surface area contributed by atoms with Gasteiger partial charge in [0.25, 0.3) is 0 Å². The van der Waals surface area contributed by atoms with Gasteiger partial charge in [-0.05, 0) is 25.7 Å². The third-order valence-electron chi connectivity index (χ3n) is 3.10. The number of hydrogen-bond acceptors (Lipinski definition) is 3. The molecule has 0 radical (unpaired) electrons. The van der Waals surface area contributed by atoms with Crippen LogP contribution in [0.2, 0.25) is 0 Å². The normalized spacial score (nSPS) is 27.0. The average Bonchev–Trinajstić information content (AvgIpc) is 2.48.